The summed E-state index contributed by atoms with van der Waals surface area (Å²) in [5.41, 5.74) is 3.95. The summed E-state index contributed by atoms with van der Waals surface area (Å²) in [5.74, 6) is 1.71. The van der Waals surface area contributed by atoms with Gasteiger partial charge in [0, 0.05) is 62.4 Å². The minimum Gasteiger partial charge on any atom is -0.354 e. The molecule has 2 saturated heterocycles. The number of likely N-dealkylation sites (tertiary alicyclic amines) is 1. The molecule has 6 nitrogen and oxygen atoms in total. The molecule has 2 aliphatic rings. The van der Waals surface area contributed by atoms with Crippen LogP contribution < -0.4 is 4.90 Å². The number of H-pyrrole nitrogens is 1. The fourth-order valence-corrected chi connectivity index (χ4v) is 5.29. The predicted molar refractivity (Wildman–Crippen MR) is 114 cm³/mol. The van der Waals surface area contributed by atoms with Crippen LogP contribution in [-0.4, -0.2) is 51.0 Å². The largest absolute Gasteiger partial charge is 0.354 e. The molecule has 29 heavy (non-hydrogen) atoms. The number of nitrogens with one attached hydrogen (secondary N) is 1. The first kappa shape index (κ1) is 18.3. The number of benzene rings is 1. The van der Waals surface area contributed by atoms with E-state index in [0.717, 1.165) is 50.7 Å². The third-order valence-corrected chi connectivity index (χ3v) is 6.69. The second kappa shape index (κ2) is 7.59. The molecular weight excluding hydrogens is 360 g/mol. The summed E-state index contributed by atoms with van der Waals surface area (Å²) >= 11 is 0. The summed E-state index contributed by atoms with van der Waals surface area (Å²) in [6.07, 6.45) is 9.65. The fraction of sp³-hybridized carbons (Fsp3) is 0.435. The third kappa shape index (κ3) is 3.65. The Hall–Kier alpha value is -2.73. The van der Waals surface area contributed by atoms with Crippen LogP contribution in [0.15, 0.2) is 55.2 Å². The van der Waals surface area contributed by atoms with Crippen LogP contribution in [0, 0.1) is 18.3 Å². The van der Waals surface area contributed by atoms with Crippen molar-refractivity contribution in [3.8, 4) is 0 Å². The highest BCUT2D eigenvalue weighted by molar-refractivity contribution is 5.45. The van der Waals surface area contributed by atoms with Crippen molar-refractivity contribution < 1.29 is 0 Å². The lowest BCUT2D eigenvalue weighted by molar-refractivity contribution is 0.239. The van der Waals surface area contributed by atoms with Gasteiger partial charge in [-0.2, -0.15) is 0 Å². The van der Waals surface area contributed by atoms with Gasteiger partial charge in [-0.25, -0.2) is 9.97 Å². The molecule has 1 N–H and O–H groups in total. The number of aromatic nitrogens is 4. The molecule has 2 aliphatic heterocycles. The zero-order valence-corrected chi connectivity index (χ0v) is 17.0. The van der Waals surface area contributed by atoms with Crippen LogP contribution in [0.5, 0.6) is 0 Å². The number of anilines is 1. The standard InChI is InChI=1S/C23H28N6/c1-18-22(26-10-9-25-18)29-13-20-12-28(14-21-11-24-17-27-21)15-23(20,16-29)8-7-19-5-3-2-4-6-19/h2-6,9-11,17,20H,7-8,12-16H2,1H3,(H,24,27). The lowest BCUT2D eigenvalue weighted by atomic mass is 9.76. The van der Waals surface area contributed by atoms with Gasteiger partial charge < -0.3 is 9.88 Å². The highest BCUT2D eigenvalue weighted by Gasteiger charge is 2.52. The summed E-state index contributed by atoms with van der Waals surface area (Å²) in [7, 11) is 0. The van der Waals surface area contributed by atoms with Crippen molar-refractivity contribution in [2.75, 3.05) is 31.1 Å². The van der Waals surface area contributed by atoms with Gasteiger partial charge in [-0.15, -0.1) is 0 Å². The van der Waals surface area contributed by atoms with Gasteiger partial charge >= 0.3 is 0 Å². The van der Waals surface area contributed by atoms with E-state index >= 15 is 0 Å². The summed E-state index contributed by atoms with van der Waals surface area (Å²) < 4.78 is 0. The first-order chi connectivity index (χ1) is 14.2. The SMILES string of the molecule is Cc1nccnc1N1CC2CN(Cc3cnc[nH]3)CC2(CCc2ccccc2)C1. The van der Waals surface area contributed by atoms with Crippen molar-refractivity contribution >= 4 is 5.82 Å². The van der Waals surface area contributed by atoms with Crippen molar-refractivity contribution in [3.63, 3.8) is 0 Å². The molecule has 4 heterocycles. The van der Waals surface area contributed by atoms with E-state index < -0.39 is 0 Å². The fourth-order valence-electron chi connectivity index (χ4n) is 5.29. The van der Waals surface area contributed by atoms with Crippen molar-refractivity contribution in [2.45, 2.75) is 26.3 Å². The van der Waals surface area contributed by atoms with Crippen molar-refractivity contribution in [3.05, 3.63) is 72.2 Å². The maximum Gasteiger partial charge on any atom is 0.150 e. The van der Waals surface area contributed by atoms with Gasteiger partial charge in [0.1, 0.15) is 5.82 Å². The van der Waals surface area contributed by atoms with Gasteiger partial charge in [0.15, 0.2) is 0 Å². The van der Waals surface area contributed by atoms with E-state index in [1.54, 1.807) is 12.5 Å². The average Bonchev–Trinajstić information content (AvgIpc) is 3.43. The molecule has 5 rings (SSSR count). The zero-order valence-electron chi connectivity index (χ0n) is 17.0. The van der Waals surface area contributed by atoms with Gasteiger partial charge in [-0.05, 0) is 31.2 Å². The zero-order chi connectivity index (χ0) is 19.7. The molecule has 0 spiro atoms. The number of nitrogens with zero attached hydrogens (tertiary/aromatic N) is 5. The average molecular weight is 389 g/mol. The lowest BCUT2D eigenvalue weighted by Gasteiger charge is -2.30. The maximum absolute atomic E-state index is 4.65. The first-order valence-electron chi connectivity index (χ1n) is 10.5. The number of imidazole rings is 1. The van der Waals surface area contributed by atoms with E-state index in [0.29, 0.717) is 11.3 Å². The number of aryl methyl sites for hydroxylation is 2. The number of hydrogen-bond donors (Lipinski definition) is 1. The van der Waals surface area contributed by atoms with E-state index in [4.69, 9.17) is 0 Å². The molecule has 6 heteroatoms. The number of fused-ring (bicyclic) bond motifs is 1. The highest BCUT2D eigenvalue weighted by atomic mass is 15.3. The van der Waals surface area contributed by atoms with Gasteiger partial charge in [0.2, 0.25) is 0 Å². The quantitative estimate of drug-likeness (QED) is 0.703. The number of hydrogen-bond acceptors (Lipinski definition) is 5. The van der Waals surface area contributed by atoms with Crippen LogP contribution in [0.4, 0.5) is 5.82 Å². The lowest BCUT2D eigenvalue weighted by Crippen LogP contribution is -2.35. The molecule has 2 unspecified atom stereocenters. The minimum absolute atomic E-state index is 0.291. The molecule has 3 aromatic rings. The van der Waals surface area contributed by atoms with Crippen molar-refractivity contribution in [1.29, 1.82) is 0 Å². The Morgan fingerprint density at radius 2 is 1.97 bits per heavy atom. The van der Waals surface area contributed by atoms with Gasteiger partial charge in [-0.3, -0.25) is 9.88 Å². The first-order valence-corrected chi connectivity index (χ1v) is 10.5. The molecular formula is C23H28N6. The summed E-state index contributed by atoms with van der Waals surface area (Å²) in [6, 6.07) is 10.9. The minimum atomic E-state index is 0.291. The maximum atomic E-state index is 4.65. The molecule has 150 valence electrons. The molecule has 0 bridgehead atoms. The Bertz CT molecular complexity index is 941. The monoisotopic (exact) mass is 388 g/mol. The van der Waals surface area contributed by atoms with E-state index in [1.165, 1.54) is 17.7 Å². The van der Waals surface area contributed by atoms with Gasteiger partial charge in [0.25, 0.3) is 0 Å². The van der Waals surface area contributed by atoms with Crippen molar-refractivity contribution in [2.24, 2.45) is 11.3 Å². The third-order valence-electron chi connectivity index (χ3n) is 6.69. The number of rotatable bonds is 6. The second-order valence-electron chi connectivity index (χ2n) is 8.64. The number of aromatic amines is 1. The van der Waals surface area contributed by atoms with E-state index in [-0.39, 0.29) is 0 Å². The Balaban J connectivity index is 1.37. The summed E-state index contributed by atoms with van der Waals surface area (Å²) in [6.45, 7) is 7.39. The highest BCUT2D eigenvalue weighted by Crippen LogP contribution is 2.47. The Labute approximate surface area is 172 Å². The van der Waals surface area contributed by atoms with E-state index in [1.807, 2.05) is 12.4 Å². The molecule has 2 aromatic heterocycles. The molecule has 0 aliphatic carbocycles. The van der Waals surface area contributed by atoms with Gasteiger partial charge in [-0.1, -0.05) is 30.3 Å². The Kier molecular flexibility index (Phi) is 4.79. The molecule has 0 radical (unpaired) electrons. The summed E-state index contributed by atoms with van der Waals surface area (Å²) in [5, 5.41) is 0. The van der Waals surface area contributed by atoms with Crippen LogP contribution in [0.25, 0.3) is 0 Å². The molecule has 1 aromatic carbocycles. The van der Waals surface area contributed by atoms with Crippen LogP contribution >= 0.6 is 0 Å². The topological polar surface area (TPSA) is 60.9 Å². The van der Waals surface area contributed by atoms with Crippen LogP contribution in [-0.2, 0) is 13.0 Å². The molecule has 0 amide bonds. The predicted octanol–water partition coefficient (Wildman–Crippen LogP) is 3.08. The smallest absolute Gasteiger partial charge is 0.150 e. The van der Waals surface area contributed by atoms with Crippen LogP contribution in [0.2, 0.25) is 0 Å². The Morgan fingerprint density at radius 1 is 1.10 bits per heavy atom. The van der Waals surface area contributed by atoms with Crippen LogP contribution in [0.1, 0.15) is 23.4 Å². The van der Waals surface area contributed by atoms with Gasteiger partial charge in [0.05, 0.1) is 12.0 Å². The van der Waals surface area contributed by atoms with Crippen LogP contribution in [0.3, 0.4) is 0 Å². The normalized spacial score (nSPS) is 24.2. The molecule has 2 atom stereocenters. The Morgan fingerprint density at radius 3 is 2.76 bits per heavy atom. The molecule has 2 fully saturated rings. The molecule has 0 saturated carbocycles. The van der Waals surface area contributed by atoms with E-state index in [9.17, 15) is 0 Å². The van der Waals surface area contributed by atoms with Crippen molar-refractivity contribution in [1.82, 2.24) is 24.8 Å². The second-order valence-corrected chi connectivity index (χ2v) is 8.64. The van der Waals surface area contributed by atoms with E-state index in [2.05, 4.69) is 67.0 Å². The summed E-state index contributed by atoms with van der Waals surface area (Å²) in [4.78, 5) is 21.7.